The standard InChI is InChI=1S/C19H22BrN7O2/c1-2-29-19(28)27-9-7-26(8-10-27)18-14-21-12-17(24-18)13-23-25-22-11-15-3-5-16(20)6-4-15/h3-6,11-14,25H,2,7-10H2,1H3/b22-11-,23-13-. The zero-order valence-electron chi connectivity index (χ0n) is 16.0. The molecule has 1 aliphatic heterocycles. The number of aromatic nitrogens is 2. The third kappa shape index (κ3) is 6.24. The molecule has 10 heteroatoms. The molecule has 0 atom stereocenters. The van der Waals surface area contributed by atoms with E-state index >= 15 is 0 Å². The van der Waals surface area contributed by atoms with Gasteiger partial charge in [0.05, 0.1) is 31.4 Å². The van der Waals surface area contributed by atoms with Crippen molar-refractivity contribution in [1.82, 2.24) is 20.4 Å². The summed E-state index contributed by atoms with van der Waals surface area (Å²) in [5, 5.41) is 8.09. The maximum Gasteiger partial charge on any atom is 0.409 e. The van der Waals surface area contributed by atoms with Crippen LogP contribution in [0.5, 0.6) is 0 Å². The van der Waals surface area contributed by atoms with Crippen LogP contribution in [0.25, 0.3) is 0 Å². The van der Waals surface area contributed by atoms with E-state index < -0.39 is 0 Å². The second-order valence-corrected chi connectivity index (χ2v) is 7.06. The fourth-order valence-electron chi connectivity index (χ4n) is 2.70. The van der Waals surface area contributed by atoms with Crippen LogP contribution in [0.15, 0.2) is 51.3 Å². The Kier molecular flexibility index (Phi) is 7.51. The van der Waals surface area contributed by atoms with Gasteiger partial charge >= 0.3 is 6.09 Å². The smallest absolute Gasteiger partial charge is 0.409 e. The van der Waals surface area contributed by atoms with Crippen molar-refractivity contribution in [2.45, 2.75) is 6.92 Å². The lowest BCUT2D eigenvalue weighted by molar-refractivity contribution is 0.105. The third-order valence-corrected chi connectivity index (χ3v) is 4.69. The van der Waals surface area contributed by atoms with Crippen LogP contribution in [0.3, 0.4) is 0 Å². The van der Waals surface area contributed by atoms with Gasteiger partial charge in [0.25, 0.3) is 0 Å². The molecule has 1 fully saturated rings. The lowest BCUT2D eigenvalue weighted by Crippen LogP contribution is -2.49. The van der Waals surface area contributed by atoms with E-state index in [1.54, 1.807) is 36.6 Å². The topological polar surface area (TPSA) is 95.3 Å². The molecule has 1 aromatic heterocycles. The van der Waals surface area contributed by atoms with E-state index in [0.717, 1.165) is 15.9 Å². The van der Waals surface area contributed by atoms with Crippen LogP contribution in [0.4, 0.5) is 10.6 Å². The van der Waals surface area contributed by atoms with Crippen molar-refractivity contribution in [2.24, 2.45) is 10.2 Å². The van der Waals surface area contributed by atoms with Gasteiger partial charge in [0.1, 0.15) is 11.5 Å². The maximum atomic E-state index is 11.8. The number of hydrazone groups is 2. The number of benzene rings is 1. The fourth-order valence-corrected chi connectivity index (χ4v) is 2.96. The minimum absolute atomic E-state index is 0.270. The number of piperazine rings is 1. The number of nitrogens with zero attached hydrogens (tertiary/aromatic N) is 6. The van der Waals surface area contributed by atoms with Gasteiger partial charge in [-0.1, -0.05) is 28.1 Å². The van der Waals surface area contributed by atoms with Crippen molar-refractivity contribution < 1.29 is 9.53 Å². The zero-order chi connectivity index (χ0) is 20.5. The molecule has 0 radical (unpaired) electrons. The summed E-state index contributed by atoms with van der Waals surface area (Å²) in [5.41, 5.74) is 4.18. The maximum absolute atomic E-state index is 11.8. The first-order valence-corrected chi connectivity index (χ1v) is 10.0. The molecule has 1 aromatic carbocycles. The van der Waals surface area contributed by atoms with Crippen LogP contribution in [0.1, 0.15) is 18.2 Å². The number of hydrogen-bond acceptors (Lipinski definition) is 8. The monoisotopic (exact) mass is 459 g/mol. The number of anilines is 1. The predicted molar refractivity (Wildman–Crippen MR) is 115 cm³/mol. The molecule has 0 saturated carbocycles. The van der Waals surface area contributed by atoms with Gasteiger partial charge in [0.15, 0.2) is 0 Å². The van der Waals surface area contributed by atoms with Gasteiger partial charge in [-0.15, -0.1) is 0 Å². The van der Waals surface area contributed by atoms with E-state index in [0.29, 0.717) is 38.5 Å². The molecule has 152 valence electrons. The zero-order valence-corrected chi connectivity index (χ0v) is 17.6. The Morgan fingerprint density at radius 2 is 1.90 bits per heavy atom. The number of nitrogens with one attached hydrogen (secondary N) is 1. The number of rotatable bonds is 6. The molecule has 1 saturated heterocycles. The molecule has 3 rings (SSSR count). The van der Waals surface area contributed by atoms with E-state index in [2.05, 4.69) is 46.5 Å². The Balaban J connectivity index is 1.51. The molecule has 2 aromatic rings. The molecule has 1 aliphatic rings. The second-order valence-electron chi connectivity index (χ2n) is 6.14. The van der Waals surface area contributed by atoms with Crippen LogP contribution in [-0.2, 0) is 4.74 Å². The van der Waals surface area contributed by atoms with Crippen molar-refractivity contribution in [1.29, 1.82) is 0 Å². The Hall–Kier alpha value is -3.01. The van der Waals surface area contributed by atoms with Gasteiger partial charge in [0, 0.05) is 30.7 Å². The lowest BCUT2D eigenvalue weighted by atomic mass is 10.2. The summed E-state index contributed by atoms with van der Waals surface area (Å²) in [6.45, 7) is 4.70. The van der Waals surface area contributed by atoms with Crippen LogP contribution < -0.4 is 10.4 Å². The second kappa shape index (κ2) is 10.5. The molecular formula is C19H22BrN7O2. The lowest BCUT2D eigenvalue weighted by Gasteiger charge is -2.34. The van der Waals surface area contributed by atoms with Gasteiger partial charge in [-0.2, -0.15) is 15.7 Å². The van der Waals surface area contributed by atoms with Crippen molar-refractivity contribution >= 4 is 40.3 Å². The van der Waals surface area contributed by atoms with E-state index in [1.165, 1.54) is 0 Å². The molecule has 0 bridgehead atoms. The summed E-state index contributed by atoms with van der Waals surface area (Å²) >= 11 is 3.39. The summed E-state index contributed by atoms with van der Waals surface area (Å²) in [6, 6.07) is 7.77. The average Bonchev–Trinajstić information content (AvgIpc) is 2.75. The highest BCUT2D eigenvalue weighted by molar-refractivity contribution is 9.10. The molecule has 0 unspecified atom stereocenters. The first kappa shape index (κ1) is 20.7. The largest absolute Gasteiger partial charge is 0.450 e. The summed E-state index contributed by atoms with van der Waals surface area (Å²) in [7, 11) is 0. The first-order valence-electron chi connectivity index (χ1n) is 9.21. The van der Waals surface area contributed by atoms with Crippen molar-refractivity contribution in [2.75, 3.05) is 37.7 Å². The van der Waals surface area contributed by atoms with Crippen LogP contribution in [0.2, 0.25) is 0 Å². The Morgan fingerprint density at radius 3 is 2.62 bits per heavy atom. The van der Waals surface area contributed by atoms with E-state index in [1.807, 2.05) is 24.3 Å². The quantitative estimate of drug-likeness (QED) is 0.526. The van der Waals surface area contributed by atoms with Crippen LogP contribution in [-0.4, -0.2) is 66.2 Å². The fraction of sp³-hybridized carbons (Fsp3) is 0.316. The summed E-state index contributed by atoms with van der Waals surface area (Å²) < 4.78 is 6.06. The highest BCUT2D eigenvalue weighted by atomic mass is 79.9. The number of ether oxygens (including phenoxy) is 1. The van der Waals surface area contributed by atoms with Gasteiger partial charge in [-0.25, -0.2) is 9.78 Å². The van der Waals surface area contributed by atoms with Gasteiger partial charge < -0.3 is 14.5 Å². The van der Waals surface area contributed by atoms with Crippen LogP contribution >= 0.6 is 15.9 Å². The Bertz CT molecular complexity index is 865. The summed E-state index contributed by atoms with van der Waals surface area (Å²) in [6.07, 6.45) is 6.30. The van der Waals surface area contributed by atoms with E-state index in [-0.39, 0.29) is 6.09 Å². The van der Waals surface area contributed by atoms with Gasteiger partial charge in [-0.3, -0.25) is 4.98 Å². The molecule has 2 heterocycles. The number of carbonyl (C=O) groups excluding carboxylic acids is 1. The van der Waals surface area contributed by atoms with E-state index in [9.17, 15) is 4.79 Å². The molecule has 0 aliphatic carbocycles. The third-order valence-electron chi connectivity index (χ3n) is 4.17. The molecule has 29 heavy (non-hydrogen) atoms. The molecule has 1 N–H and O–H groups in total. The number of halogens is 1. The van der Waals surface area contributed by atoms with Crippen molar-refractivity contribution in [3.63, 3.8) is 0 Å². The highest BCUT2D eigenvalue weighted by Gasteiger charge is 2.22. The SMILES string of the molecule is CCOC(=O)N1CCN(c2cncc(/C=N\N/N=C\c3ccc(Br)cc3)n2)CC1. The summed E-state index contributed by atoms with van der Waals surface area (Å²) in [4.78, 5) is 24.4. The number of hydrogen-bond donors (Lipinski definition) is 1. The van der Waals surface area contributed by atoms with Gasteiger partial charge in [-0.05, 0) is 24.6 Å². The summed E-state index contributed by atoms with van der Waals surface area (Å²) in [5.74, 6) is 0.746. The predicted octanol–water partition coefficient (Wildman–Crippen LogP) is 2.48. The highest BCUT2D eigenvalue weighted by Crippen LogP contribution is 2.13. The average molecular weight is 460 g/mol. The van der Waals surface area contributed by atoms with Crippen molar-refractivity contribution in [3.8, 4) is 0 Å². The normalized spacial score (nSPS) is 14.6. The molecule has 9 nitrogen and oxygen atoms in total. The van der Waals surface area contributed by atoms with E-state index in [4.69, 9.17) is 4.74 Å². The van der Waals surface area contributed by atoms with Crippen molar-refractivity contribution in [3.05, 3.63) is 52.4 Å². The Morgan fingerprint density at radius 1 is 1.17 bits per heavy atom. The molecule has 0 spiro atoms. The molecular weight excluding hydrogens is 438 g/mol. The Labute approximate surface area is 177 Å². The van der Waals surface area contributed by atoms with Crippen LogP contribution in [0, 0.1) is 0 Å². The van der Waals surface area contributed by atoms with Gasteiger partial charge in [0.2, 0.25) is 0 Å². The first-order chi connectivity index (χ1) is 14.2. The minimum Gasteiger partial charge on any atom is -0.450 e. The minimum atomic E-state index is -0.270. The number of amides is 1. The number of carbonyl (C=O) groups is 1. The molecule has 1 amide bonds.